The molecule has 0 aromatic rings. The first kappa shape index (κ1) is 18.4. The van der Waals surface area contributed by atoms with Crippen molar-refractivity contribution in [1.82, 2.24) is 0 Å². The van der Waals surface area contributed by atoms with Gasteiger partial charge in [0, 0.05) is 57.8 Å². The second kappa shape index (κ2) is 9.09. The maximum atomic E-state index is 10.9. The number of esters is 1. The van der Waals surface area contributed by atoms with Crippen LogP contribution in [0.25, 0.3) is 0 Å². The first-order valence-electron chi connectivity index (χ1n) is 4.49. The summed E-state index contributed by atoms with van der Waals surface area (Å²) in [6, 6.07) is 0. The Balaban J connectivity index is 0. The van der Waals surface area contributed by atoms with E-state index in [-0.39, 0.29) is 64.4 Å². The van der Waals surface area contributed by atoms with Gasteiger partial charge in [0.1, 0.15) is 11.9 Å². The van der Waals surface area contributed by atoms with E-state index in [0.717, 1.165) is 12.8 Å². The Bertz CT molecular complexity index is 275. The van der Waals surface area contributed by atoms with Gasteiger partial charge >= 0.3 is 5.97 Å². The van der Waals surface area contributed by atoms with Gasteiger partial charge in [0.2, 0.25) is 0 Å². The van der Waals surface area contributed by atoms with E-state index >= 15 is 0 Å². The summed E-state index contributed by atoms with van der Waals surface area (Å²) < 4.78 is 34.3. The van der Waals surface area contributed by atoms with E-state index in [0.29, 0.717) is 0 Å². The molecule has 1 radical (unpaired) electrons. The van der Waals surface area contributed by atoms with E-state index < -0.39 is 21.3 Å². The molecule has 7 heteroatoms. The Kier molecular flexibility index (Phi) is 11.1. The zero-order chi connectivity index (χ0) is 11.2. The first-order valence-corrected chi connectivity index (χ1v) is 6.00. The average molecular weight is 263 g/mol. The Morgan fingerprint density at radius 2 is 2.00 bits per heavy atom. The number of rotatable bonds is 6. The summed E-state index contributed by atoms with van der Waals surface area (Å²) in [5.74, 6) is -0.428. The standard InChI is InChI=1S/C8H16O5S.K/c1-3-4-5-8(9)13-6-7(2)14(10,11)12;/h7H,3-6H2,1-2H3,(H,10,11,12);. The van der Waals surface area contributed by atoms with Crippen molar-refractivity contribution in [3.05, 3.63) is 0 Å². The van der Waals surface area contributed by atoms with E-state index in [2.05, 4.69) is 4.74 Å². The molecule has 0 aliphatic rings. The maximum Gasteiger partial charge on any atom is 0.305 e. The van der Waals surface area contributed by atoms with Crippen LogP contribution in [0.4, 0.5) is 0 Å². The second-order valence-electron chi connectivity index (χ2n) is 3.11. The van der Waals surface area contributed by atoms with Crippen LogP contribution in [0.1, 0.15) is 33.1 Å². The first-order chi connectivity index (χ1) is 6.38. The zero-order valence-electron chi connectivity index (χ0n) is 9.39. The fourth-order valence-corrected chi connectivity index (χ4v) is 0.930. The van der Waals surface area contributed by atoms with Gasteiger partial charge in [0.15, 0.2) is 0 Å². The van der Waals surface area contributed by atoms with Crippen molar-refractivity contribution < 1.29 is 22.5 Å². The van der Waals surface area contributed by atoms with Crippen LogP contribution in [0.2, 0.25) is 0 Å². The fourth-order valence-electron chi connectivity index (χ4n) is 0.690. The monoisotopic (exact) mass is 263 g/mol. The summed E-state index contributed by atoms with van der Waals surface area (Å²) >= 11 is 0. The molecule has 1 unspecified atom stereocenters. The summed E-state index contributed by atoms with van der Waals surface area (Å²) in [6.45, 7) is 2.93. The molecule has 0 heterocycles. The van der Waals surface area contributed by atoms with Crippen molar-refractivity contribution in [3.63, 3.8) is 0 Å². The molecule has 5 nitrogen and oxygen atoms in total. The third-order valence-electron chi connectivity index (χ3n) is 1.72. The summed E-state index contributed by atoms with van der Waals surface area (Å²) in [6.07, 6.45) is 1.89. The quantitative estimate of drug-likeness (QED) is 0.431. The molecule has 0 bridgehead atoms. The molecule has 1 atom stereocenters. The molecule has 85 valence electrons. The van der Waals surface area contributed by atoms with Crippen molar-refractivity contribution in [1.29, 1.82) is 0 Å². The van der Waals surface area contributed by atoms with E-state index in [4.69, 9.17) is 4.55 Å². The molecule has 0 aliphatic carbocycles. The largest absolute Gasteiger partial charge is 0.464 e. The van der Waals surface area contributed by atoms with Crippen LogP contribution in [-0.4, -0.2) is 82.2 Å². The molecular weight excluding hydrogens is 247 g/mol. The summed E-state index contributed by atoms with van der Waals surface area (Å²) in [5, 5.41) is -1.06. The predicted octanol–water partition coefficient (Wildman–Crippen LogP) is 0.615. The van der Waals surface area contributed by atoms with Gasteiger partial charge < -0.3 is 4.74 Å². The van der Waals surface area contributed by atoms with E-state index in [9.17, 15) is 13.2 Å². The van der Waals surface area contributed by atoms with E-state index in [1.54, 1.807) is 0 Å². The molecule has 0 aromatic carbocycles. The van der Waals surface area contributed by atoms with Crippen molar-refractivity contribution in [3.8, 4) is 0 Å². The maximum absolute atomic E-state index is 10.9. The van der Waals surface area contributed by atoms with Crippen molar-refractivity contribution >= 4 is 67.5 Å². The van der Waals surface area contributed by atoms with Crippen LogP contribution in [0.15, 0.2) is 0 Å². The van der Waals surface area contributed by atoms with Gasteiger partial charge in [0.25, 0.3) is 10.1 Å². The van der Waals surface area contributed by atoms with Gasteiger partial charge in [-0.2, -0.15) is 8.42 Å². The number of hydrogen-bond acceptors (Lipinski definition) is 4. The second-order valence-corrected chi connectivity index (χ2v) is 4.95. The van der Waals surface area contributed by atoms with Crippen molar-refractivity contribution in [2.75, 3.05) is 6.61 Å². The third-order valence-corrected chi connectivity index (χ3v) is 2.87. The molecule has 0 saturated carbocycles. The number of unbranched alkanes of at least 4 members (excludes halogenated alkanes) is 1. The number of carbonyl (C=O) groups excluding carboxylic acids is 1. The van der Waals surface area contributed by atoms with Crippen LogP contribution >= 0.6 is 0 Å². The normalized spacial score (nSPS) is 12.7. The molecule has 15 heavy (non-hydrogen) atoms. The van der Waals surface area contributed by atoms with Crippen LogP contribution in [0.3, 0.4) is 0 Å². The molecular formula is C8H16KO5S. The summed E-state index contributed by atoms with van der Waals surface area (Å²) in [4.78, 5) is 10.9. The topological polar surface area (TPSA) is 80.7 Å². The van der Waals surface area contributed by atoms with Crippen LogP contribution in [-0.2, 0) is 19.6 Å². The SMILES string of the molecule is CCCCC(=O)OCC(C)S(=O)(=O)O.[K]. The fraction of sp³-hybridized carbons (Fsp3) is 0.875. The van der Waals surface area contributed by atoms with Gasteiger partial charge in [-0.15, -0.1) is 0 Å². The third kappa shape index (κ3) is 9.92. The van der Waals surface area contributed by atoms with Gasteiger partial charge in [-0.3, -0.25) is 9.35 Å². The molecule has 0 aromatic heterocycles. The van der Waals surface area contributed by atoms with Crippen LogP contribution in [0, 0.1) is 0 Å². The molecule has 0 fully saturated rings. The van der Waals surface area contributed by atoms with Gasteiger partial charge in [0.05, 0.1) is 0 Å². The molecule has 0 saturated heterocycles. The zero-order valence-corrected chi connectivity index (χ0v) is 13.3. The molecule has 0 rings (SSSR count). The minimum Gasteiger partial charge on any atom is -0.464 e. The minimum absolute atomic E-state index is 0. The van der Waals surface area contributed by atoms with Crippen molar-refractivity contribution in [2.24, 2.45) is 0 Å². The molecule has 0 aliphatic heterocycles. The van der Waals surface area contributed by atoms with Crippen molar-refractivity contribution in [2.45, 2.75) is 38.4 Å². The smallest absolute Gasteiger partial charge is 0.305 e. The van der Waals surface area contributed by atoms with Crippen LogP contribution < -0.4 is 0 Å². The van der Waals surface area contributed by atoms with E-state index in [1.807, 2.05) is 6.92 Å². The Labute approximate surface area is 133 Å². The van der Waals surface area contributed by atoms with Gasteiger partial charge in [-0.25, -0.2) is 0 Å². The summed E-state index contributed by atoms with van der Waals surface area (Å²) in [7, 11) is -4.10. The number of carbonyl (C=O) groups is 1. The molecule has 0 amide bonds. The molecule has 0 spiro atoms. The Hall–Kier alpha value is 1.02. The van der Waals surface area contributed by atoms with Crippen LogP contribution in [0.5, 0.6) is 0 Å². The Morgan fingerprint density at radius 1 is 1.47 bits per heavy atom. The van der Waals surface area contributed by atoms with E-state index in [1.165, 1.54) is 6.92 Å². The molecule has 1 N–H and O–H groups in total. The predicted molar refractivity (Wildman–Crippen MR) is 57.2 cm³/mol. The van der Waals surface area contributed by atoms with Gasteiger partial charge in [-0.1, -0.05) is 13.3 Å². The Morgan fingerprint density at radius 3 is 2.40 bits per heavy atom. The average Bonchev–Trinajstić information content (AvgIpc) is 2.09. The number of ether oxygens (including phenoxy) is 1. The van der Waals surface area contributed by atoms with Gasteiger partial charge in [-0.05, 0) is 13.3 Å². The minimum atomic E-state index is -4.10. The summed E-state index contributed by atoms with van der Waals surface area (Å²) in [5.41, 5.74) is 0. The number of hydrogen-bond donors (Lipinski definition) is 1.